The molecule has 2 unspecified atom stereocenters. The Morgan fingerprint density at radius 2 is 1.37 bits per heavy atom. The summed E-state index contributed by atoms with van der Waals surface area (Å²) in [4.78, 5) is 25.4. The molecule has 0 bridgehead atoms. The van der Waals surface area contributed by atoms with Gasteiger partial charge in [0.25, 0.3) is 0 Å². The number of aliphatic carboxylic acids is 1. The van der Waals surface area contributed by atoms with Gasteiger partial charge in [0, 0.05) is 30.0 Å². The van der Waals surface area contributed by atoms with Crippen molar-refractivity contribution in [1.29, 1.82) is 0 Å². The van der Waals surface area contributed by atoms with Gasteiger partial charge in [-0.05, 0) is 16.7 Å². The molecule has 2 aliphatic rings. The minimum absolute atomic E-state index is 0.0926. The van der Waals surface area contributed by atoms with Crippen molar-refractivity contribution in [3.05, 3.63) is 118 Å². The van der Waals surface area contributed by atoms with Crippen molar-refractivity contribution in [2.75, 3.05) is 12.3 Å². The zero-order valence-corrected chi connectivity index (χ0v) is 19.9. The molecule has 0 radical (unpaired) electrons. The second-order valence-corrected chi connectivity index (χ2v) is 10.3. The number of hydrogen-bond donors (Lipinski definition) is 2. The number of hydrogen-bond acceptors (Lipinski definition) is 4. The second-order valence-electron chi connectivity index (χ2n) is 8.73. The van der Waals surface area contributed by atoms with Crippen LogP contribution in [0.1, 0.15) is 29.5 Å². The highest BCUT2D eigenvalue weighted by Gasteiger charge is 2.48. The van der Waals surface area contributed by atoms with Crippen LogP contribution in [0.5, 0.6) is 0 Å². The Morgan fingerprint density at radius 1 is 0.886 bits per heavy atom. The van der Waals surface area contributed by atoms with E-state index in [2.05, 4.69) is 41.7 Å². The van der Waals surface area contributed by atoms with Crippen LogP contribution in [0.15, 0.2) is 102 Å². The molecule has 0 saturated carbocycles. The molecule has 3 aromatic rings. The van der Waals surface area contributed by atoms with Gasteiger partial charge in [0.05, 0.1) is 22.4 Å². The number of carbonyl (C=O) groups is 2. The smallest absolute Gasteiger partial charge is 0.353 e. The molecule has 3 aromatic carbocycles. The molecule has 6 nitrogen and oxygen atoms in total. The first kappa shape index (κ1) is 23.2. The highest BCUT2D eigenvalue weighted by Crippen LogP contribution is 2.40. The van der Waals surface area contributed by atoms with Crippen molar-refractivity contribution in [1.82, 2.24) is 10.2 Å². The molecule has 0 spiro atoms. The van der Waals surface area contributed by atoms with Gasteiger partial charge >= 0.3 is 5.97 Å². The maximum absolute atomic E-state index is 13.3. The average molecular weight is 487 g/mol. The standard InChI is InChI=1S/C28H26N2O4S/c31-25-19-23-18-24(26(27(32)33)30(23)25)35(34)17-16-29-28(20-10-4-1-5-11-20,21-12-6-2-7-13-21)22-14-8-3-9-15-22/h1-15,23,29H,16-19H2,(H,32,33). The average Bonchev–Trinajstić information content (AvgIpc) is 3.21. The van der Waals surface area contributed by atoms with Crippen LogP contribution in [0.3, 0.4) is 0 Å². The Bertz CT molecular complexity index is 1200. The van der Waals surface area contributed by atoms with Crippen molar-refractivity contribution < 1.29 is 18.9 Å². The van der Waals surface area contributed by atoms with Gasteiger partial charge in [0.2, 0.25) is 5.91 Å². The van der Waals surface area contributed by atoms with E-state index in [1.165, 1.54) is 4.90 Å². The normalized spacial score (nSPS) is 18.2. The van der Waals surface area contributed by atoms with Crippen LogP contribution in [-0.4, -0.2) is 44.4 Å². The van der Waals surface area contributed by atoms with E-state index in [9.17, 15) is 18.9 Å². The summed E-state index contributed by atoms with van der Waals surface area (Å²) in [6.07, 6.45) is 0.677. The third kappa shape index (κ3) is 4.11. The summed E-state index contributed by atoms with van der Waals surface area (Å²) in [6.45, 7) is 0.375. The maximum Gasteiger partial charge on any atom is 0.353 e. The molecular formula is C28H26N2O4S. The van der Waals surface area contributed by atoms with E-state index in [0.717, 1.165) is 16.7 Å². The number of nitrogens with zero attached hydrogens (tertiary/aromatic N) is 1. The number of carboxylic acid groups (broad SMARTS) is 1. The van der Waals surface area contributed by atoms with Gasteiger partial charge in [-0.2, -0.15) is 0 Å². The number of amides is 1. The minimum Gasteiger partial charge on any atom is -0.477 e. The van der Waals surface area contributed by atoms with Crippen LogP contribution >= 0.6 is 0 Å². The molecule has 7 heteroatoms. The van der Waals surface area contributed by atoms with Crippen LogP contribution < -0.4 is 5.32 Å². The molecule has 5 rings (SSSR count). The summed E-state index contributed by atoms with van der Waals surface area (Å²) in [6, 6.07) is 30.2. The number of nitrogens with one attached hydrogen (secondary N) is 1. The summed E-state index contributed by atoms with van der Waals surface area (Å²) < 4.78 is 13.3. The maximum atomic E-state index is 13.3. The lowest BCUT2D eigenvalue weighted by atomic mass is 9.77. The Morgan fingerprint density at radius 3 is 1.80 bits per heavy atom. The lowest BCUT2D eigenvalue weighted by molar-refractivity contribution is -0.147. The number of rotatable bonds is 9. The van der Waals surface area contributed by atoms with E-state index in [1.54, 1.807) is 0 Å². The lowest BCUT2D eigenvalue weighted by Gasteiger charge is -2.37. The van der Waals surface area contributed by atoms with Gasteiger partial charge in [-0.15, -0.1) is 0 Å². The molecule has 2 N–H and O–H groups in total. The van der Waals surface area contributed by atoms with Gasteiger partial charge in [-0.3, -0.25) is 14.3 Å². The number of β-lactam (4-membered cyclic amide) rings is 1. The van der Waals surface area contributed by atoms with Gasteiger partial charge in [-0.25, -0.2) is 4.79 Å². The van der Waals surface area contributed by atoms with E-state index < -0.39 is 22.3 Å². The fraction of sp³-hybridized carbons (Fsp3) is 0.214. The molecular weight excluding hydrogens is 460 g/mol. The van der Waals surface area contributed by atoms with Crippen molar-refractivity contribution in [3.8, 4) is 0 Å². The number of benzene rings is 3. The summed E-state index contributed by atoms with van der Waals surface area (Å²) in [7, 11) is -1.52. The van der Waals surface area contributed by atoms with Crippen LogP contribution in [0.4, 0.5) is 0 Å². The van der Waals surface area contributed by atoms with Gasteiger partial charge in [0.1, 0.15) is 5.70 Å². The largest absolute Gasteiger partial charge is 0.477 e. The predicted molar refractivity (Wildman–Crippen MR) is 135 cm³/mol. The van der Waals surface area contributed by atoms with E-state index in [-0.39, 0.29) is 23.4 Å². The van der Waals surface area contributed by atoms with Gasteiger partial charge in [0.15, 0.2) is 0 Å². The van der Waals surface area contributed by atoms with Crippen LogP contribution in [0.25, 0.3) is 0 Å². The first-order valence-electron chi connectivity index (χ1n) is 11.6. The first-order valence-corrected chi connectivity index (χ1v) is 12.9. The Kier molecular flexibility index (Phi) is 6.36. The summed E-state index contributed by atoms with van der Waals surface area (Å²) in [5.74, 6) is -1.17. The van der Waals surface area contributed by atoms with E-state index in [1.807, 2.05) is 54.6 Å². The topological polar surface area (TPSA) is 86.7 Å². The number of carboxylic acids is 1. The van der Waals surface area contributed by atoms with Crippen molar-refractivity contribution in [2.45, 2.75) is 24.4 Å². The Hall–Kier alpha value is -3.55. The highest BCUT2D eigenvalue weighted by atomic mass is 32.2. The van der Waals surface area contributed by atoms with Gasteiger partial charge in [-0.1, -0.05) is 91.0 Å². The van der Waals surface area contributed by atoms with Crippen molar-refractivity contribution >= 4 is 22.7 Å². The molecule has 2 aliphatic heterocycles. The van der Waals surface area contributed by atoms with Crippen molar-refractivity contribution in [3.63, 3.8) is 0 Å². The van der Waals surface area contributed by atoms with E-state index in [4.69, 9.17) is 0 Å². The lowest BCUT2D eigenvalue weighted by Crippen LogP contribution is -2.49. The van der Waals surface area contributed by atoms with Crippen LogP contribution in [0.2, 0.25) is 0 Å². The van der Waals surface area contributed by atoms with Crippen LogP contribution in [-0.2, 0) is 25.9 Å². The summed E-state index contributed by atoms with van der Waals surface area (Å²) in [5, 5.41) is 13.4. The van der Waals surface area contributed by atoms with Crippen molar-refractivity contribution in [2.24, 2.45) is 0 Å². The SMILES string of the molecule is O=C(O)C1=C(S(=O)CCNC(c2ccccc2)(c2ccccc2)c2ccccc2)CC2CC(=O)N12. The highest BCUT2D eigenvalue weighted by molar-refractivity contribution is 7.89. The summed E-state index contributed by atoms with van der Waals surface area (Å²) in [5.41, 5.74) is 2.36. The molecule has 1 amide bonds. The predicted octanol–water partition coefficient (Wildman–Crippen LogP) is 3.62. The zero-order valence-electron chi connectivity index (χ0n) is 19.1. The molecule has 2 heterocycles. The molecule has 2 atom stereocenters. The van der Waals surface area contributed by atoms with Crippen LogP contribution in [0, 0.1) is 0 Å². The second kappa shape index (κ2) is 9.60. The molecule has 1 fully saturated rings. The van der Waals surface area contributed by atoms with Gasteiger partial charge < -0.3 is 10.0 Å². The number of carbonyl (C=O) groups excluding carboxylic acids is 1. The minimum atomic E-state index is -1.52. The molecule has 1 saturated heterocycles. The fourth-order valence-electron chi connectivity index (χ4n) is 5.15. The third-order valence-corrected chi connectivity index (χ3v) is 8.23. The molecule has 35 heavy (non-hydrogen) atoms. The molecule has 0 aromatic heterocycles. The third-order valence-electron chi connectivity index (χ3n) is 6.75. The first-order chi connectivity index (χ1) is 17.0. The Labute approximate surface area is 206 Å². The monoisotopic (exact) mass is 486 g/mol. The van der Waals surface area contributed by atoms with E-state index in [0.29, 0.717) is 24.3 Å². The molecule has 178 valence electrons. The quantitative estimate of drug-likeness (QED) is 0.356. The summed E-state index contributed by atoms with van der Waals surface area (Å²) >= 11 is 0. The Balaban J connectivity index is 1.48. The molecule has 0 aliphatic carbocycles. The fourth-order valence-corrected chi connectivity index (χ4v) is 6.46. The zero-order chi connectivity index (χ0) is 24.4. The van der Waals surface area contributed by atoms with E-state index >= 15 is 0 Å². The number of fused-ring (bicyclic) bond motifs is 1.